The number of carbonyl (C=O) groups is 2. The molecule has 0 radical (unpaired) electrons. The van der Waals surface area contributed by atoms with Crippen molar-refractivity contribution in [2.75, 3.05) is 30.0 Å². The molecular formula is C19H17FN4O5. The second kappa shape index (κ2) is 7.09. The predicted octanol–water partition coefficient (Wildman–Crippen LogP) is 2.97. The summed E-state index contributed by atoms with van der Waals surface area (Å²) in [5.41, 5.74) is -0.0933. The van der Waals surface area contributed by atoms with Crippen LogP contribution in [0.1, 0.15) is 18.4 Å². The van der Waals surface area contributed by atoms with Crippen molar-refractivity contribution in [1.82, 2.24) is 5.16 Å². The number of methoxy groups -OCH3 is 1. The van der Waals surface area contributed by atoms with Crippen LogP contribution < -0.4 is 9.80 Å². The molecule has 2 fully saturated rings. The van der Waals surface area contributed by atoms with Crippen molar-refractivity contribution in [2.24, 2.45) is 0 Å². The molecule has 2 amide bonds. The first-order valence-corrected chi connectivity index (χ1v) is 8.93. The minimum absolute atomic E-state index is 0.0143. The number of aromatic nitrogens is 1. The van der Waals surface area contributed by atoms with E-state index in [0.29, 0.717) is 24.1 Å². The third kappa shape index (κ3) is 3.35. The summed E-state index contributed by atoms with van der Waals surface area (Å²) in [4.78, 5) is 26.8. The number of anilines is 2. The van der Waals surface area contributed by atoms with Gasteiger partial charge in [-0.3, -0.25) is 9.80 Å². The molecule has 1 aliphatic carbocycles. The van der Waals surface area contributed by atoms with Crippen LogP contribution in [0.15, 0.2) is 35.1 Å². The van der Waals surface area contributed by atoms with Gasteiger partial charge in [0.1, 0.15) is 18.2 Å². The van der Waals surface area contributed by atoms with Gasteiger partial charge in [-0.15, -0.1) is 0 Å². The zero-order valence-electron chi connectivity index (χ0n) is 15.5. The van der Waals surface area contributed by atoms with Crippen LogP contribution in [0, 0.1) is 17.1 Å². The summed E-state index contributed by atoms with van der Waals surface area (Å²) >= 11 is 0. The van der Waals surface area contributed by atoms with Crippen LogP contribution in [0.3, 0.4) is 0 Å². The van der Waals surface area contributed by atoms with E-state index < -0.39 is 29.5 Å². The van der Waals surface area contributed by atoms with Crippen molar-refractivity contribution in [3.05, 3.63) is 41.9 Å². The monoisotopic (exact) mass is 400 g/mol. The van der Waals surface area contributed by atoms with E-state index in [2.05, 4.69) is 11.2 Å². The van der Waals surface area contributed by atoms with Gasteiger partial charge in [0.2, 0.25) is 0 Å². The number of benzene rings is 1. The minimum atomic E-state index is -0.755. The first-order valence-electron chi connectivity index (χ1n) is 8.93. The van der Waals surface area contributed by atoms with Crippen molar-refractivity contribution in [1.29, 1.82) is 5.26 Å². The Morgan fingerprint density at radius 3 is 2.86 bits per heavy atom. The topological polar surface area (TPSA) is 109 Å². The molecule has 1 aromatic carbocycles. The van der Waals surface area contributed by atoms with Crippen LogP contribution in [0.2, 0.25) is 0 Å². The summed E-state index contributed by atoms with van der Waals surface area (Å²) in [7, 11) is 1.22. The summed E-state index contributed by atoms with van der Waals surface area (Å²) in [5, 5.41) is 13.0. The van der Waals surface area contributed by atoms with E-state index >= 15 is 0 Å². The fourth-order valence-electron chi connectivity index (χ4n) is 3.37. The van der Waals surface area contributed by atoms with Crippen molar-refractivity contribution < 1.29 is 28.0 Å². The quantitative estimate of drug-likeness (QED) is 0.759. The molecule has 0 spiro atoms. The first kappa shape index (κ1) is 18.7. The Bertz CT molecular complexity index is 983. The van der Waals surface area contributed by atoms with Crippen LogP contribution in [-0.2, 0) is 14.9 Å². The minimum Gasteiger partial charge on any atom is -0.452 e. The number of nitrogens with zero attached hydrogens (tertiary/aromatic N) is 4. The lowest BCUT2D eigenvalue weighted by Crippen LogP contribution is -2.39. The molecule has 10 heteroatoms. The molecule has 2 aliphatic rings. The van der Waals surface area contributed by atoms with Crippen molar-refractivity contribution >= 4 is 23.7 Å². The molecule has 2 aromatic rings. The Kier molecular flexibility index (Phi) is 4.58. The van der Waals surface area contributed by atoms with E-state index in [-0.39, 0.29) is 18.9 Å². The Labute approximate surface area is 165 Å². The van der Waals surface area contributed by atoms with Crippen molar-refractivity contribution in [2.45, 2.75) is 24.4 Å². The number of hydrogen-bond acceptors (Lipinski definition) is 7. The average molecular weight is 400 g/mol. The van der Waals surface area contributed by atoms with Gasteiger partial charge < -0.3 is 14.0 Å². The van der Waals surface area contributed by atoms with Crippen LogP contribution in [0.25, 0.3) is 0 Å². The largest absolute Gasteiger partial charge is 0.452 e. The van der Waals surface area contributed by atoms with Gasteiger partial charge in [0.05, 0.1) is 37.4 Å². The number of nitriles is 1. The first-order chi connectivity index (χ1) is 14.0. The molecule has 150 valence electrons. The summed E-state index contributed by atoms with van der Waals surface area (Å²) < 4.78 is 29.4. The molecule has 2 heterocycles. The second-order valence-corrected chi connectivity index (χ2v) is 6.91. The summed E-state index contributed by atoms with van der Waals surface area (Å²) in [6, 6.07) is 7.99. The summed E-state index contributed by atoms with van der Waals surface area (Å²) in [6.45, 7) is 0.0892. The van der Waals surface area contributed by atoms with Gasteiger partial charge in [0, 0.05) is 11.6 Å². The zero-order valence-corrected chi connectivity index (χ0v) is 15.5. The van der Waals surface area contributed by atoms with Gasteiger partial charge in [-0.2, -0.15) is 5.26 Å². The van der Waals surface area contributed by atoms with Crippen LogP contribution in [-0.4, -0.2) is 43.6 Å². The van der Waals surface area contributed by atoms with E-state index in [9.17, 15) is 19.2 Å². The van der Waals surface area contributed by atoms with Crippen LogP contribution >= 0.6 is 0 Å². The van der Waals surface area contributed by atoms with E-state index in [1.165, 1.54) is 41.4 Å². The van der Waals surface area contributed by atoms with Gasteiger partial charge in [-0.25, -0.2) is 14.0 Å². The van der Waals surface area contributed by atoms with E-state index in [1.54, 1.807) is 6.07 Å². The maximum Gasteiger partial charge on any atom is 0.415 e. The standard InChI is InChI=1S/C19H17FN4O5/c1-27-17(25)24(16-4-7-28-22-16)10-13-9-23(18(26)29-13)12-2-3-14(15(20)8-12)19(11-21)5-6-19/h2-4,7-8,13H,5-6,9-10H2,1H3/t13-/m1/s1. The molecule has 0 bridgehead atoms. The molecule has 1 aliphatic heterocycles. The molecule has 1 saturated heterocycles. The van der Waals surface area contributed by atoms with Crippen molar-refractivity contribution in [3.8, 4) is 6.07 Å². The molecule has 1 aromatic heterocycles. The lowest BCUT2D eigenvalue weighted by atomic mass is 9.97. The normalized spacial score (nSPS) is 19.4. The lowest BCUT2D eigenvalue weighted by molar-refractivity contribution is 0.138. The molecule has 29 heavy (non-hydrogen) atoms. The maximum absolute atomic E-state index is 14.6. The third-order valence-corrected chi connectivity index (χ3v) is 5.10. The average Bonchev–Trinajstić information content (AvgIpc) is 3.14. The Morgan fingerprint density at radius 2 is 2.28 bits per heavy atom. The molecule has 1 atom stereocenters. The van der Waals surface area contributed by atoms with E-state index in [4.69, 9.17) is 14.0 Å². The number of amides is 2. The highest BCUT2D eigenvalue weighted by Gasteiger charge is 2.47. The number of hydrogen-bond donors (Lipinski definition) is 0. The Morgan fingerprint density at radius 1 is 1.48 bits per heavy atom. The van der Waals surface area contributed by atoms with Gasteiger partial charge in [-0.05, 0) is 25.0 Å². The number of ether oxygens (including phenoxy) is 2. The van der Waals surface area contributed by atoms with Crippen LogP contribution in [0.5, 0.6) is 0 Å². The SMILES string of the molecule is COC(=O)N(C[C@H]1CN(c2ccc(C3(C#N)CC3)c(F)c2)C(=O)O1)c1ccon1. The summed E-state index contributed by atoms with van der Waals surface area (Å²) in [6.07, 6.45) is 0.521. The molecule has 9 nitrogen and oxygen atoms in total. The number of carbonyl (C=O) groups excluding carboxylic acids is 2. The number of rotatable bonds is 5. The second-order valence-electron chi connectivity index (χ2n) is 6.91. The molecule has 4 rings (SSSR count). The fourth-order valence-corrected chi connectivity index (χ4v) is 3.37. The van der Waals surface area contributed by atoms with Gasteiger partial charge >= 0.3 is 12.2 Å². The van der Waals surface area contributed by atoms with E-state index in [0.717, 1.165) is 0 Å². The Balaban J connectivity index is 1.50. The van der Waals surface area contributed by atoms with Crippen LogP contribution in [0.4, 0.5) is 25.5 Å². The van der Waals surface area contributed by atoms with E-state index in [1.807, 2.05) is 0 Å². The third-order valence-electron chi connectivity index (χ3n) is 5.10. The fraction of sp³-hybridized carbons (Fsp3) is 0.368. The highest BCUT2D eigenvalue weighted by molar-refractivity contribution is 5.90. The Hall–Kier alpha value is -3.61. The number of cyclic esters (lactones) is 1. The smallest absolute Gasteiger partial charge is 0.415 e. The molecule has 1 saturated carbocycles. The van der Waals surface area contributed by atoms with Gasteiger partial charge in [0.15, 0.2) is 5.82 Å². The highest BCUT2D eigenvalue weighted by Crippen LogP contribution is 2.48. The predicted molar refractivity (Wildman–Crippen MR) is 96.8 cm³/mol. The highest BCUT2D eigenvalue weighted by atomic mass is 19.1. The van der Waals surface area contributed by atoms with Gasteiger partial charge in [0.25, 0.3) is 0 Å². The maximum atomic E-state index is 14.6. The lowest BCUT2D eigenvalue weighted by Gasteiger charge is -2.20. The van der Waals surface area contributed by atoms with Gasteiger partial charge in [-0.1, -0.05) is 11.2 Å². The molecular weight excluding hydrogens is 383 g/mol. The molecule has 0 N–H and O–H groups in total. The number of halogens is 1. The summed E-state index contributed by atoms with van der Waals surface area (Å²) in [5.74, 6) is -0.315. The van der Waals surface area contributed by atoms with Crippen molar-refractivity contribution in [3.63, 3.8) is 0 Å². The zero-order chi connectivity index (χ0) is 20.6. The molecule has 0 unspecified atom stereocenters.